The molecule has 0 heterocycles. The van der Waals surface area contributed by atoms with Crippen molar-refractivity contribution in [2.24, 2.45) is 11.3 Å². The highest BCUT2D eigenvalue weighted by Gasteiger charge is 2.39. The van der Waals surface area contributed by atoms with Crippen molar-refractivity contribution in [2.75, 3.05) is 11.4 Å². The van der Waals surface area contributed by atoms with Gasteiger partial charge in [0.2, 0.25) is 5.91 Å². The van der Waals surface area contributed by atoms with Crippen molar-refractivity contribution in [3.05, 3.63) is 30.1 Å². The first kappa shape index (κ1) is 17.1. The normalized spacial score (nSPS) is 13.8. The number of nitrogens with zero attached hydrogens (tertiary/aromatic N) is 1. The second-order valence-corrected chi connectivity index (χ2v) is 5.67. The van der Waals surface area contributed by atoms with Crippen LogP contribution < -0.4 is 4.90 Å². The van der Waals surface area contributed by atoms with Gasteiger partial charge in [-0.3, -0.25) is 9.59 Å². The molecule has 1 amide bonds. The Labute approximate surface area is 124 Å². The number of carboxylic acid groups (broad SMARTS) is 1. The van der Waals surface area contributed by atoms with Gasteiger partial charge in [-0.25, -0.2) is 4.39 Å². The highest BCUT2D eigenvalue weighted by Crippen LogP contribution is 2.33. The molecule has 0 aliphatic rings. The first-order valence-electron chi connectivity index (χ1n) is 7.01. The Balaban J connectivity index is 3.02. The van der Waals surface area contributed by atoms with Gasteiger partial charge in [-0.2, -0.15) is 0 Å². The van der Waals surface area contributed by atoms with E-state index < -0.39 is 17.2 Å². The topological polar surface area (TPSA) is 57.6 Å². The number of carbonyl (C=O) groups is 2. The minimum Gasteiger partial charge on any atom is -0.481 e. The third-order valence-corrected chi connectivity index (χ3v) is 4.02. The summed E-state index contributed by atoms with van der Waals surface area (Å²) in [6, 6.07) is 5.74. The SMILES string of the molecule is CCN(C(=O)CC(C)(C(=O)O)C(C)C)c1cccc(F)c1. The van der Waals surface area contributed by atoms with E-state index in [0.717, 1.165) is 0 Å². The van der Waals surface area contributed by atoms with Gasteiger partial charge in [0, 0.05) is 18.7 Å². The number of hydrogen-bond acceptors (Lipinski definition) is 2. The van der Waals surface area contributed by atoms with Gasteiger partial charge in [0.1, 0.15) is 5.82 Å². The van der Waals surface area contributed by atoms with Crippen molar-refractivity contribution in [1.82, 2.24) is 0 Å². The number of rotatable bonds is 6. The number of carbonyl (C=O) groups excluding carboxylic acids is 1. The fourth-order valence-corrected chi connectivity index (χ4v) is 2.08. The number of halogens is 1. The predicted molar refractivity (Wildman–Crippen MR) is 79.6 cm³/mol. The lowest BCUT2D eigenvalue weighted by molar-refractivity contribution is -0.153. The van der Waals surface area contributed by atoms with Crippen LogP contribution in [0.2, 0.25) is 0 Å². The molecule has 1 aromatic rings. The van der Waals surface area contributed by atoms with Crippen molar-refractivity contribution in [1.29, 1.82) is 0 Å². The molecule has 0 aliphatic heterocycles. The molecule has 0 radical (unpaired) electrons. The highest BCUT2D eigenvalue weighted by molar-refractivity contribution is 5.96. The first-order valence-corrected chi connectivity index (χ1v) is 7.01. The number of hydrogen-bond donors (Lipinski definition) is 1. The molecule has 21 heavy (non-hydrogen) atoms. The average Bonchev–Trinajstić information content (AvgIpc) is 2.38. The van der Waals surface area contributed by atoms with Gasteiger partial charge in [0.25, 0.3) is 0 Å². The summed E-state index contributed by atoms with van der Waals surface area (Å²) in [7, 11) is 0. The van der Waals surface area contributed by atoms with Crippen LogP contribution >= 0.6 is 0 Å². The number of benzene rings is 1. The largest absolute Gasteiger partial charge is 0.481 e. The van der Waals surface area contributed by atoms with Gasteiger partial charge in [-0.15, -0.1) is 0 Å². The molecular formula is C16H22FNO3. The third kappa shape index (κ3) is 3.80. The molecule has 1 aromatic carbocycles. The smallest absolute Gasteiger partial charge is 0.310 e. The molecule has 5 heteroatoms. The molecule has 0 saturated heterocycles. The summed E-state index contributed by atoms with van der Waals surface area (Å²) >= 11 is 0. The van der Waals surface area contributed by atoms with Crippen LogP contribution in [0.3, 0.4) is 0 Å². The Morgan fingerprint density at radius 1 is 1.38 bits per heavy atom. The first-order chi connectivity index (χ1) is 9.72. The van der Waals surface area contributed by atoms with E-state index >= 15 is 0 Å². The van der Waals surface area contributed by atoms with Gasteiger partial charge < -0.3 is 10.0 Å². The van der Waals surface area contributed by atoms with Crippen LogP contribution in [0.5, 0.6) is 0 Å². The molecular weight excluding hydrogens is 273 g/mol. The Bertz CT molecular complexity index is 530. The minimum atomic E-state index is -1.14. The van der Waals surface area contributed by atoms with Crippen LogP contribution in [-0.2, 0) is 9.59 Å². The molecule has 116 valence electrons. The fourth-order valence-electron chi connectivity index (χ4n) is 2.08. The van der Waals surface area contributed by atoms with Crippen molar-refractivity contribution >= 4 is 17.6 Å². The molecule has 0 aliphatic carbocycles. The quantitative estimate of drug-likeness (QED) is 0.876. The number of amides is 1. The third-order valence-electron chi connectivity index (χ3n) is 4.02. The summed E-state index contributed by atoms with van der Waals surface area (Å²) in [6.45, 7) is 7.25. The van der Waals surface area contributed by atoms with Gasteiger partial charge >= 0.3 is 5.97 Å². The van der Waals surface area contributed by atoms with Gasteiger partial charge in [-0.1, -0.05) is 19.9 Å². The monoisotopic (exact) mass is 295 g/mol. The summed E-state index contributed by atoms with van der Waals surface area (Å²) in [5, 5.41) is 9.39. The summed E-state index contributed by atoms with van der Waals surface area (Å²) in [5.41, 5.74) is -0.698. The lowest BCUT2D eigenvalue weighted by Gasteiger charge is -2.31. The van der Waals surface area contributed by atoms with E-state index in [-0.39, 0.29) is 18.2 Å². The van der Waals surface area contributed by atoms with E-state index in [1.807, 2.05) is 0 Å². The van der Waals surface area contributed by atoms with Crippen LogP contribution in [-0.4, -0.2) is 23.5 Å². The second-order valence-electron chi connectivity index (χ2n) is 5.67. The van der Waals surface area contributed by atoms with Crippen molar-refractivity contribution in [2.45, 2.75) is 34.1 Å². The molecule has 0 spiro atoms. The molecule has 0 bridgehead atoms. The van der Waals surface area contributed by atoms with Crippen molar-refractivity contribution in [3.8, 4) is 0 Å². The van der Waals surface area contributed by atoms with Gasteiger partial charge in [-0.05, 0) is 38.0 Å². The van der Waals surface area contributed by atoms with E-state index in [9.17, 15) is 19.1 Å². The van der Waals surface area contributed by atoms with Crippen LogP contribution in [0.1, 0.15) is 34.1 Å². The standard InChI is InChI=1S/C16H22FNO3/c1-5-18(13-8-6-7-12(17)9-13)14(19)10-16(4,11(2)3)15(20)21/h6-9,11H,5,10H2,1-4H3,(H,20,21). The molecule has 4 nitrogen and oxygen atoms in total. The zero-order valence-electron chi connectivity index (χ0n) is 12.9. The summed E-state index contributed by atoms with van der Waals surface area (Å²) in [4.78, 5) is 25.3. The van der Waals surface area contributed by atoms with Crippen LogP contribution in [0.4, 0.5) is 10.1 Å². The Morgan fingerprint density at radius 3 is 2.43 bits per heavy atom. The maximum atomic E-state index is 13.3. The van der Waals surface area contributed by atoms with Crippen LogP contribution in [0.25, 0.3) is 0 Å². The van der Waals surface area contributed by atoms with Crippen LogP contribution in [0, 0.1) is 17.2 Å². The summed E-state index contributed by atoms with van der Waals surface area (Å²) in [5.74, 6) is -1.93. The fraction of sp³-hybridized carbons (Fsp3) is 0.500. The van der Waals surface area contributed by atoms with E-state index in [4.69, 9.17) is 0 Å². The van der Waals surface area contributed by atoms with Gasteiger partial charge in [0.05, 0.1) is 5.41 Å². The molecule has 1 unspecified atom stereocenters. The van der Waals surface area contributed by atoms with Gasteiger partial charge in [0.15, 0.2) is 0 Å². The Hall–Kier alpha value is -1.91. The second kappa shape index (κ2) is 6.70. The molecule has 0 saturated carbocycles. The Morgan fingerprint density at radius 2 is 2.00 bits per heavy atom. The molecule has 1 N–H and O–H groups in total. The average molecular weight is 295 g/mol. The zero-order valence-corrected chi connectivity index (χ0v) is 12.9. The van der Waals surface area contributed by atoms with Crippen molar-refractivity contribution in [3.63, 3.8) is 0 Å². The predicted octanol–water partition coefficient (Wildman–Crippen LogP) is 3.32. The lowest BCUT2D eigenvalue weighted by Crippen LogP contribution is -2.41. The highest BCUT2D eigenvalue weighted by atomic mass is 19.1. The molecule has 0 fully saturated rings. The zero-order chi connectivity index (χ0) is 16.2. The lowest BCUT2D eigenvalue weighted by atomic mass is 9.76. The summed E-state index contributed by atoms with van der Waals surface area (Å²) < 4.78 is 13.3. The van der Waals surface area contributed by atoms with Crippen LogP contribution in [0.15, 0.2) is 24.3 Å². The van der Waals surface area contributed by atoms with E-state index in [0.29, 0.717) is 12.2 Å². The maximum Gasteiger partial charge on any atom is 0.310 e. The molecule has 1 atom stereocenters. The Kier molecular flexibility index (Phi) is 5.47. The number of carboxylic acids is 1. The van der Waals surface area contributed by atoms with E-state index in [1.165, 1.54) is 23.1 Å². The van der Waals surface area contributed by atoms with E-state index in [2.05, 4.69) is 0 Å². The van der Waals surface area contributed by atoms with E-state index in [1.54, 1.807) is 33.8 Å². The summed E-state index contributed by atoms with van der Waals surface area (Å²) in [6.07, 6.45) is -0.121. The number of aliphatic carboxylic acids is 1. The molecule has 1 rings (SSSR count). The maximum absolute atomic E-state index is 13.3. The van der Waals surface area contributed by atoms with Crippen molar-refractivity contribution < 1.29 is 19.1 Å². The number of anilines is 1. The molecule has 0 aromatic heterocycles. The minimum absolute atomic E-state index is 0.121.